The summed E-state index contributed by atoms with van der Waals surface area (Å²) in [6, 6.07) is 0. The van der Waals surface area contributed by atoms with Crippen molar-refractivity contribution in [3.8, 4) is 0 Å². The van der Waals surface area contributed by atoms with Gasteiger partial charge in [-0.15, -0.1) is 11.8 Å². The Bertz CT molecular complexity index is 373. The second kappa shape index (κ2) is 6.05. The Balaban J connectivity index is 2.93. The van der Waals surface area contributed by atoms with E-state index in [4.69, 9.17) is 5.11 Å². The van der Waals surface area contributed by atoms with Crippen LogP contribution >= 0.6 is 19.4 Å². The number of thioether (sulfide) groups is 1. The zero-order valence-corrected chi connectivity index (χ0v) is 11.3. The van der Waals surface area contributed by atoms with E-state index < -0.39 is 19.5 Å². The smallest absolute Gasteiger partial charge is 0.353 e. The van der Waals surface area contributed by atoms with Gasteiger partial charge in [0.25, 0.3) is 0 Å². The summed E-state index contributed by atoms with van der Waals surface area (Å²) in [7, 11) is -4.32. The Kier molecular flexibility index (Phi) is 5.25. The van der Waals surface area contributed by atoms with Crippen molar-refractivity contribution in [1.82, 2.24) is 0 Å². The zero-order valence-electron chi connectivity index (χ0n) is 9.63. The standard InChI is InChI=1S/C10H17O5PS/c1-2-3-4-9-8(16(13,14)15)5-7(6-17-9)10(11)12/h7H,2-6H2,1H3,(H,11,12)(H2,13,14,15)/t7-/m0/s1. The molecule has 0 aromatic carbocycles. The van der Waals surface area contributed by atoms with Crippen LogP contribution in [0, 0.1) is 5.92 Å². The van der Waals surface area contributed by atoms with Gasteiger partial charge in [-0.25, -0.2) is 0 Å². The van der Waals surface area contributed by atoms with Gasteiger partial charge >= 0.3 is 13.6 Å². The van der Waals surface area contributed by atoms with E-state index in [9.17, 15) is 19.1 Å². The molecule has 17 heavy (non-hydrogen) atoms. The van der Waals surface area contributed by atoms with Crippen LogP contribution in [0.15, 0.2) is 10.2 Å². The van der Waals surface area contributed by atoms with E-state index in [0.29, 0.717) is 17.1 Å². The lowest BCUT2D eigenvalue weighted by molar-refractivity contribution is -0.140. The zero-order chi connectivity index (χ0) is 13.1. The van der Waals surface area contributed by atoms with Gasteiger partial charge in [-0.1, -0.05) is 13.3 Å². The highest BCUT2D eigenvalue weighted by Crippen LogP contribution is 2.55. The van der Waals surface area contributed by atoms with Crippen LogP contribution in [-0.2, 0) is 9.36 Å². The number of carboxylic acids is 1. The maximum atomic E-state index is 11.4. The summed E-state index contributed by atoms with van der Waals surface area (Å²) in [4.78, 5) is 30.1. The van der Waals surface area contributed by atoms with Crippen molar-refractivity contribution in [2.45, 2.75) is 32.6 Å². The molecule has 0 aromatic heterocycles. The Morgan fingerprint density at radius 1 is 1.53 bits per heavy atom. The molecular weight excluding hydrogens is 263 g/mol. The lowest BCUT2D eigenvalue weighted by atomic mass is 10.1. The van der Waals surface area contributed by atoms with Crippen molar-refractivity contribution < 1.29 is 24.3 Å². The van der Waals surface area contributed by atoms with Gasteiger partial charge in [-0.2, -0.15) is 0 Å². The number of hydrogen-bond acceptors (Lipinski definition) is 3. The summed E-state index contributed by atoms with van der Waals surface area (Å²) in [5.41, 5.74) is 0. The van der Waals surface area contributed by atoms with Crippen LogP contribution in [0.4, 0.5) is 0 Å². The number of carboxylic acid groups (broad SMARTS) is 1. The molecule has 0 radical (unpaired) electrons. The Labute approximate surface area is 104 Å². The maximum Gasteiger partial charge on any atom is 0.353 e. The van der Waals surface area contributed by atoms with Crippen LogP contribution in [-0.4, -0.2) is 26.6 Å². The second-order valence-electron chi connectivity index (χ2n) is 4.07. The molecule has 5 nitrogen and oxygen atoms in total. The largest absolute Gasteiger partial charge is 0.481 e. The molecule has 7 heteroatoms. The normalized spacial score (nSPS) is 21.7. The van der Waals surface area contributed by atoms with Gasteiger partial charge in [0.1, 0.15) is 0 Å². The molecule has 1 aliphatic heterocycles. The third-order valence-corrected chi connectivity index (χ3v) is 5.35. The van der Waals surface area contributed by atoms with Gasteiger partial charge in [-0.05, 0) is 24.2 Å². The molecule has 98 valence electrons. The first-order chi connectivity index (χ1) is 7.86. The fourth-order valence-corrected chi connectivity index (χ4v) is 4.33. The first-order valence-electron chi connectivity index (χ1n) is 5.50. The van der Waals surface area contributed by atoms with Crippen LogP contribution < -0.4 is 0 Å². The van der Waals surface area contributed by atoms with Crippen molar-refractivity contribution in [3.63, 3.8) is 0 Å². The number of carbonyl (C=O) groups is 1. The Morgan fingerprint density at radius 3 is 2.65 bits per heavy atom. The number of hydrogen-bond donors (Lipinski definition) is 3. The first kappa shape index (κ1) is 14.8. The topological polar surface area (TPSA) is 94.8 Å². The van der Waals surface area contributed by atoms with E-state index in [0.717, 1.165) is 12.8 Å². The van der Waals surface area contributed by atoms with E-state index in [1.54, 1.807) is 0 Å². The molecule has 0 unspecified atom stereocenters. The molecule has 0 fully saturated rings. The molecule has 0 bridgehead atoms. The Hall–Kier alpha value is -0.290. The summed E-state index contributed by atoms with van der Waals surface area (Å²) in [6.45, 7) is 2.01. The minimum absolute atomic E-state index is 0.0222. The fourth-order valence-electron chi connectivity index (χ4n) is 1.68. The number of rotatable bonds is 5. The van der Waals surface area contributed by atoms with Gasteiger partial charge in [-0.3, -0.25) is 9.36 Å². The van der Waals surface area contributed by atoms with Crippen molar-refractivity contribution in [2.24, 2.45) is 5.92 Å². The molecular formula is C10H17O5PS. The highest BCUT2D eigenvalue weighted by molar-refractivity contribution is 8.03. The predicted molar refractivity (Wildman–Crippen MR) is 66.8 cm³/mol. The van der Waals surface area contributed by atoms with E-state index in [1.165, 1.54) is 11.8 Å². The first-order valence-corrected chi connectivity index (χ1v) is 8.09. The lowest BCUT2D eigenvalue weighted by Gasteiger charge is -2.24. The van der Waals surface area contributed by atoms with Crippen LogP contribution in [0.1, 0.15) is 32.6 Å². The summed E-state index contributed by atoms with van der Waals surface area (Å²) in [5, 5.41) is 8.93. The van der Waals surface area contributed by atoms with E-state index in [-0.39, 0.29) is 11.7 Å². The second-order valence-corrected chi connectivity index (χ2v) is 6.81. The highest BCUT2D eigenvalue weighted by atomic mass is 32.2. The van der Waals surface area contributed by atoms with Crippen LogP contribution in [0.5, 0.6) is 0 Å². The minimum Gasteiger partial charge on any atom is -0.481 e. The quantitative estimate of drug-likeness (QED) is 0.669. The molecule has 0 aromatic rings. The fraction of sp³-hybridized carbons (Fsp3) is 0.700. The SMILES string of the molecule is CCCCC1=C(P(=O)(O)O)C[C@H](C(=O)O)CS1. The summed E-state index contributed by atoms with van der Waals surface area (Å²) >= 11 is 1.28. The Morgan fingerprint density at radius 2 is 2.18 bits per heavy atom. The number of aliphatic carboxylic acids is 1. The molecule has 1 heterocycles. The average Bonchev–Trinajstić information content (AvgIpc) is 2.24. The van der Waals surface area contributed by atoms with Crippen molar-refractivity contribution in [3.05, 3.63) is 10.2 Å². The van der Waals surface area contributed by atoms with Gasteiger partial charge < -0.3 is 14.9 Å². The molecule has 1 aliphatic rings. The molecule has 1 rings (SSSR count). The van der Waals surface area contributed by atoms with Crippen molar-refractivity contribution in [1.29, 1.82) is 0 Å². The third kappa shape index (κ3) is 4.14. The third-order valence-electron chi connectivity index (χ3n) is 2.68. The van der Waals surface area contributed by atoms with Crippen molar-refractivity contribution >= 4 is 25.3 Å². The summed E-state index contributed by atoms with van der Waals surface area (Å²) < 4.78 is 11.4. The van der Waals surface area contributed by atoms with Crippen molar-refractivity contribution in [2.75, 3.05) is 5.75 Å². The van der Waals surface area contributed by atoms with Gasteiger partial charge in [0.2, 0.25) is 0 Å². The molecule has 0 amide bonds. The summed E-state index contributed by atoms with van der Waals surface area (Å²) in [5.74, 6) is -1.27. The van der Waals surface area contributed by atoms with Crippen LogP contribution in [0.2, 0.25) is 0 Å². The lowest BCUT2D eigenvalue weighted by Crippen LogP contribution is -2.20. The minimum atomic E-state index is -4.32. The molecule has 3 N–H and O–H groups in total. The highest BCUT2D eigenvalue weighted by Gasteiger charge is 2.34. The molecule has 0 saturated heterocycles. The van der Waals surface area contributed by atoms with Crippen LogP contribution in [0.3, 0.4) is 0 Å². The van der Waals surface area contributed by atoms with E-state index in [2.05, 4.69) is 0 Å². The predicted octanol–water partition coefficient (Wildman–Crippen LogP) is 2.40. The van der Waals surface area contributed by atoms with Crippen LogP contribution in [0.25, 0.3) is 0 Å². The molecule has 0 aliphatic carbocycles. The van der Waals surface area contributed by atoms with Gasteiger partial charge in [0.05, 0.1) is 11.2 Å². The van der Waals surface area contributed by atoms with Gasteiger partial charge in [0, 0.05) is 5.75 Å². The molecule has 1 atom stereocenters. The number of unbranched alkanes of at least 4 members (excludes halogenated alkanes) is 1. The molecule has 0 spiro atoms. The van der Waals surface area contributed by atoms with Gasteiger partial charge in [0.15, 0.2) is 0 Å². The molecule has 0 saturated carbocycles. The summed E-state index contributed by atoms with van der Waals surface area (Å²) in [6.07, 6.45) is 2.42. The monoisotopic (exact) mass is 280 g/mol. The van der Waals surface area contributed by atoms with E-state index >= 15 is 0 Å². The average molecular weight is 280 g/mol. The van der Waals surface area contributed by atoms with E-state index in [1.807, 2.05) is 6.92 Å². The number of allylic oxidation sites excluding steroid dienone is 2. The maximum absolute atomic E-state index is 11.4.